The fraction of sp³-hybridized carbons (Fsp3) is 0.618. The average Bonchev–Trinajstić information content (AvgIpc) is 2.89. The number of carbonyl (C=O) groups is 3. The zero-order chi connectivity index (χ0) is 30.9. The Kier molecular flexibility index (Phi) is 23.1. The van der Waals surface area contributed by atoms with Gasteiger partial charge in [0.05, 0.1) is 13.2 Å². The Balaban J connectivity index is 3.99. The SMILES string of the molecule is CCOC(=O)OC(=O)COCC(=O)OCCCC(C)=CCC/C(C)=C/CCC=C(C)CC/C=C(\C)CCC=C(C)C. The molecule has 0 aromatic rings. The second-order valence-corrected chi connectivity index (χ2v) is 10.7. The topological polar surface area (TPSA) is 88.1 Å². The van der Waals surface area contributed by atoms with Crippen LogP contribution in [0.3, 0.4) is 0 Å². The van der Waals surface area contributed by atoms with E-state index in [1.54, 1.807) is 6.92 Å². The quantitative estimate of drug-likeness (QED) is 0.0585. The number of esters is 2. The first kappa shape index (κ1) is 38.1. The van der Waals surface area contributed by atoms with Gasteiger partial charge in [-0.15, -0.1) is 0 Å². The number of hydrogen-bond donors (Lipinski definition) is 0. The first-order valence-corrected chi connectivity index (χ1v) is 14.9. The van der Waals surface area contributed by atoms with Crippen molar-refractivity contribution in [3.63, 3.8) is 0 Å². The highest BCUT2D eigenvalue weighted by molar-refractivity contribution is 5.82. The Labute approximate surface area is 248 Å². The van der Waals surface area contributed by atoms with Crippen molar-refractivity contribution in [3.8, 4) is 0 Å². The molecule has 232 valence electrons. The lowest BCUT2D eigenvalue weighted by Gasteiger charge is -2.06. The average molecular weight is 575 g/mol. The maximum absolute atomic E-state index is 11.7. The maximum Gasteiger partial charge on any atom is 0.516 e. The molecular formula is C34H54O7. The Hall–Kier alpha value is -2.93. The summed E-state index contributed by atoms with van der Waals surface area (Å²) in [6, 6.07) is 0. The van der Waals surface area contributed by atoms with Crippen molar-refractivity contribution in [1.29, 1.82) is 0 Å². The summed E-state index contributed by atoms with van der Waals surface area (Å²) in [6.45, 7) is 14.1. The van der Waals surface area contributed by atoms with Gasteiger partial charge in [0, 0.05) is 0 Å². The fourth-order valence-corrected chi connectivity index (χ4v) is 3.81. The third kappa shape index (κ3) is 25.8. The Morgan fingerprint density at radius 3 is 1.54 bits per heavy atom. The molecule has 0 unspecified atom stereocenters. The molecule has 7 heteroatoms. The van der Waals surface area contributed by atoms with Crippen molar-refractivity contribution in [2.24, 2.45) is 0 Å². The maximum atomic E-state index is 11.7. The molecule has 0 saturated heterocycles. The molecule has 0 saturated carbocycles. The molecule has 0 atom stereocenters. The first-order valence-electron chi connectivity index (χ1n) is 14.9. The Bertz CT molecular complexity index is 931. The van der Waals surface area contributed by atoms with E-state index in [-0.39, 0.29) is 19.8 Å². The van der Waals surface area contributed by atoms with Crippen LogP contribution in [0.2, 0.25) is 0 Å². The molecule has 0 heterocycles. The molecule has 0 fully saturated rings. The lowest BCUT2D eigenvalue weighted by atomic mass is 10.0. The van der Waals surface area contributed by atoms with E-state index in [2.05, 4.69) is 81.4 Å². The standard InChI is InChI=1S/C34H54O7/c1-8-39-34(37)41-33(36)26-38-25-32(35)40-24-14-23-31(7)22-13-20-29(5)17-10-9-16-28(4)19-12-21-30(6)18-11-15-27(2)3/h15-17,21-22H,8-14,18-20,23-26H2,1-7H3/b28-16?,29-17+,30-21+,31-22?. The van der Waals surface area contributed by atoms with Gasteiger partial charge in [-0.2, -0.15) is 0 Å². The molecule has 41 heavy (non-hydrogen) atoms. The normalized spacial score (nSPS) is 12.7. The largest absolute Gasteiger partial charge is 0.516 e. The van der Waals surface area contributed by atoms with E-state index in [1.165, 1.54) is 27.9 Å². The molecule has 0 aliphatic heterocycles. The van der Waals surface area contributed by atoms with Crippen LogP contribution in [0.4, 0.5) is 4.79 Å². The zero-order valence-electron chi connectivity index (χ0n) is 26.6. The van der Waals surface area contributed by atoms with Crippen LogP contribution in [0.1, 0.15) is 113 Å². The summed E-state index contributed by atoms with van der Waals surface area (Å²) in [7, 11) is 0. The third-order valence-electron chi connectivity index (χ3n) is 6.18. The number of hydrogen-bond acceptors (Lipinski definition) is 7. The van der Waals surface area contributed by atoms with Crippen LogP contribution in [-0.4, -0.2) is 44.5 Å². The highest BCUT2D eigenvalue weighted by atomic mass is 16.7. The van der Waals surface area contributed by atoms with E-state index < -0.39 is 24.7 Å². The van der Waals surface area contributed by atoms with Gasteiger partial charge in [-0.3, -0.25) is 0 Å². The summed E-state index contributed by atoms with van der Waals surface area (Å²) < 4.78 is 18.8. The monoisotopic (exact) mass is 574 g/mol. The Morgan fingerprint density at radius 1 is 0.561 bits per heavy atom. The molecule has 0 amide bonds. The molecule has 0 bridgehead atoms. The number of allylic oxidation sites excluding steroid dienone is 10. The highest BCUT2D eigenvalue weighted by Gasteiger charge is 2.12. The van der Waals surface area contributed by atoms with Gasteiger partial charge in [0.1, 0.15) is 13.2 Å². The number of carbonyl (C=O) groups excluding carboxylic acids is 3. The summed E-state index contributed by atoms with van der Waals surface area (Å²) in [5.41, 5.74) is 7.03. The van der Waals surface area contributed by atoms with Gasteiger partial charge in [0.2, 0.25) is 0 Å². The van der Waals surface area contributed by atoms with E-state index in [9.17, 15) is 14.4 Å². The molecule has 0 spiro atoms. The Morgan fingerprint density at radius 2 is 1.02 bits per heavy atom. The van der Waals surface area contributed by atoms with Crippen molar-refractivity contribution in [2.75, 3.05) is 26.4 Å². The van der Waals surface area contributed by atoms with E-state index in [0.29, 0.717) is 6.42 Å². The second kappa shape index (κ2) is 24.8. The predicted octanol–water partition coefficient (Wildman–Crippen LogP) is 8.90. The molecule has 0 N–H and O–H groups in total. The molecule has 0 aliphatic carbocycles. The van der Waals surface area contributed by atoms with Gasteiger partial charge < -0.3 is 18.9 Å². The van der Waals surface area contributed by atoms with Gasteiger partial charge in [0.15, 0.2) is 0 Å². The van der Waals surface area contributed by atoms with E-state index >= 15 is 0 Å². The van der Waals surface area contributed by atoms with Crippen LogP contribution in [0.5, 0.6) is 0 Å². The van der Waals surface area contributed by atoms with E-state index in [0.717, 1.165) is 57.8 Å². The minimum absolute atomic E-state index is 0.0963. The van der Waals surface area contributed by atoms with E-state index in [1.807, 2.05) is 0 Å². The van der Waals surface area contributed by atoms with Crippen molar-refractivity contribution in [1.82, 2.24) is 0 Å². The molecule has 7 nitrogen and oxygen atoms in total. The summed E-state index contributed by atoms with van der Waals surface area (Å²) in [5, 5.41) is 0. The lowest BCUT2D eigenvalue weighted by molar-refractivity contribution is -0.153. The van der Waals surface area contributed by atoms with Crippen molar-refractivity contribution < 1.29 is 33.3 Å². The zero-order valence-corrected chi connectivity index (χ0v) is 26.6. The second-order valence-electron chi connectivity index (χ2n) is 10.7. The minimum Gasteiger partial charge on any atom is -0.464 e. The van der Waals surface area contributed by atoms with Gasteiger partial charge in [-0.25, -0.2) is 14.4 Å². The summed E-state index contributed by atoms with van der Waals surface area (Å²) in [4.78, 5) is 34.0. The van der Waals surface area contributed by atoms with Gasteiger partial charge >= 0.3 is 18.1 Å². The van der Waals surface area contributed by atoms with Gasteiger partial charge in [0.25, 0.3) is 0 Å². The number of ether oxygens (including phenoxy) is 4. The lowest BCUT2D eigenvalue weighted by Crippen LogP contribution is -2.21. The molecule has 0 aromatic heterocycles. The summed E-state index contributed by atoms with van der Waals surface area (Å²) >= 11 is 0. The van der Waals surface area contributed by atoms with Crippen LogP contribution < -0.4 is 0 Å². The van der Waals surface area contributed by atoms with Crippen LogP contribution in [0.25, 0.3) is 0 Å². The predicted molar refractivity (Wildman–Crippen MR) is 166 cm³/mol. The van der Waals surface area contributed by atoms with Crippen molar-refractivity contribution in [2.45, 2.75) is 113 Å². The minimum atomic E-state index is -1.09. The van der Waals surface area contributed by atoms with Crippen molar-refractivity contribution in [3.05, 3.63) is 58.2 Å². The van der Waals surface area contributed by atoms with Gasteiger partial charge in [-0.05, 0) is 113 Å². The van der Waals surface area contributed by atoms with Crippen LogP contribution in [-0.2, 0) is 28.5 Å². The molecular weight excluding hydrogens is 520 g/mol. The van der Waals surface area contributed by atoms with E-state index in [4.69, 9.17) is 9.47 Å². The number of rotatable bonds is 21. The molecule has 0 aromatic carbocycles. The van der Waals surface area contributed by atoms with Crippen LogP contribution >= 0.6 is 0 Å². The van der Waals surface area contributed by atoms with Crippen molar-refractivity contribution >= 4 is 18.1 Å². The smallest absolute Gasteiger partial charge is 0.464 e. The molecule has 0 rings (SSSR count). The van der Waals surface area contributed by atoms with Crippen LogP contribution in [0.15, 0.2) is 58.2 Å². The number of unbranched alkanes of at least 4 members (excludes halogenated alkanes) is 1. The highest BCUT2D eigenvalue weighted by Crippen LogP contribution is 2.14. The fourth-order valence-electron chi connectivity index (χ4n) is 3.81. The third-order valence-corrected chi connectivity index (χ3v) is 6.18. The molecule has 0 radical (unpaired) electrons. The van der Waals surface area contributed by atoms with Crippen LogP contribution in [0, 0.1) is 0 Å². The summed E-state index contributed by atoms with van der Waals surface area (Å²) in [5.74, 6) is -1.50. The van der Waals surface area contributed by atoms with Gasteiger partial charge in [-0.1, -0.05) is 58.2 Å². The first-order chi connectivity index (χ1) is 19.5. The molecule has 0 aliphatic rings. The summed E-state index contributed by atoms with van der Waals surface area (Å²) in [6.07, 6.45) is 20.9.